The van der Waals surface area contributed by atoms with Crippen LogP contribution in [0.3, 0.4) is 0 Å². The molecule has 2 rings (SSSR count). The third kappa shape index (κ3) is 3.07. The van der Waals surface area contributed by atoms with Gasteiger partial charge in [-0.25, -0.2) is 9.59 Å². The number of ether oxygens (including phenoxy) is 1. The minimum Gasteiger partial charge on any atom is -0.399 e. The normalized spacial score (nSPS) is 10.1. The molecule has 0 aromatic heterocycles. The van der Waals surface area contributed by atoms with Crippen LogP contribution in [0, 0.1) is 0 Å². The Morgan fingerprint density at radius 1 is 1.00 bits per heavy atom. The second-order valence-electron chi connectivity index (χ2n) is 4.03. The third-order valence-electron chi connectivity index (χ3n) is 2.54. The molecule has 0 heterocycles. The highest BCUT2D eigenvalue weighted by atomic mass is 35.5. The zero-order valence-electron chi connectivity index (χ0n) is 10.3. The minimum absolute atomic E-state index is 0.0756. The molecule has 6 heteroatoms. The van der Waals surface area contributed by atoms with E-state index >= 15 is 0 Å². The van der Waals surface area contributed by atoms with Gasteiger partial charge in [0.1, 0.15) is 0 Å². The molecule has 2 aromatic rings. The number of benzene rings is 2. The monoisotopic (exact) mass is 290 g/mol. The Bertz CT molecular complexity index is 686. The van der Waals surface area contributed by atoms with E-state index in [-0.39, 0.29) is 16.8 Å². The second kappa shape index (κ2) is 5.63. The van der Waals surface area contributed by atoms with E-state index < -0.39 is 11.9 Å². The van der Waals surface area contributed by atoms with Crippen molar-refractivity contribution in [2.45, 2.75) is 0 Å². The summed E-state index contributed by atoms with van der Waals surface area (Å²) in [5.74, 6) is -1.64. The molecule has 0 spiro atoms. The van der Waals surface area contributed by atoms with E-state index in [1.807, 2.05) is 0 Å². The van der Waals surface area contributed by atoms with Crippen molar-refractivity contribution in [2.75, 3.05) is 11.5 Å². The second-order valence-corrected chi connectivity index (χ2v) is 4.47. The van der Waals surface area contributed by atoms with Crippen LogP contribution in [0.4, 0.5) is 11.4 Å². The van der Waals surface area contributed by atoms with E-state index in [9.17, 15) is 9.59 Å². The fourth-order valence-electron chi connectivity index (χ4n) is 1.58. The van der Waals surface area contributed by atoms with Crippen molar-refractivity contribution in [3.05, 3.63) is 58.6 Å². The van der Waals surface area contributed by atoms with Crippen molar-refractivity contribution in [1.29, 1.82) is 0 Å². The van der Waals surface area contributed by atoms with Gasteiger partial charge in [0.2, 0.25) is 0 Å². The highest BCUT2D eigenvalue weighted by molar-refractivity contribution is 6.31. The number of esters is 2. The molecule has 5 nitrogen and oxygen atoms in total. The van der Waals surface area contributed by atoms with E-state index in [0.717, 1.165) is 0 Å². The van der Waals surface area contributed by atoms with Gasteiger partial charge in [-0.3, -0.25) is 0 Å². The number of nitrogens with two attached hydrogens (primary N) is 2. The summed E-state index contributed by atoms with van der Waals surface area (Å²) in [4.78, 5) is 23.6. The van der Waals surface area contributed by atoms with Crippen LogP contribution < -0.4 is 11.5 Å². The maximum atomic E-state index is 11.8. The number of hydrogen-bond donors (Lipinski definition) is 2. The van der Waals surface area contributed by atoms with Crippen molar-refractivity contribution in [2.24, 2.45) is 0 Å². The average Bonchev–Trinajstić information content (AvgIpc) is 2.38. The summed E-state index contributed by atoms with van der Waals surface area (Å²) in [7, 11) is 0. The Morgan fingerprint density at radius 2 is 1.75 bits per heavy atom. The summed E-state index contributed by atoms with van der Waals surface area (Å²) in [5.41, 5.74) is 12.0. The molecule has 0 fully saturated rings. The summed E-state index contributed by atoms with van der Waals surface area (Å²) < 4.78 is 4.74. The van der Waals surface area contributed by atoms with Gasteiger partial charge in [-0.15, -0.1) is 0 Å². The van der Waals surface area contributed by atoms with Gasteiger partial charge in [-0.1, -0.05) is 17.7 Å². The van der Waals surface area contributed by atoms with Crippen molar-refractivity contribution in [3.8, 4) is 0 Å². The molecule has 2 aromatic carbocycles. The molecule has 0 saturated carbocycles. The third-order valence-corrected chi connectivity index (χ3v) is 2.78. The van der Waals surface area contributed by atoms with Crippen LogP contribution in [0.15, 0.2) is 42.5 Å². The van der Waals surface area contributed by atoms with E-state index in [1.165, 1.54) is 30.3 Å². The standard InChI is InChI=1S/C14H11ClN2O3/c15-9-4-5-11(12(17)7-9)14(19)20-13(18)8-2-1-3-10(16)6-8/h1-7H,16-17H2. The smallest absolute Gasteiger partial charge is 0.348 e. The Kier molecular flexibility index (Phi) is 3.91. The molecule has 0 radical (unpaired) electrons. The lowest BCUT2D eigenvalue weighted by Crippen LogP contribution is -2.14. The Morgan fingerprint density at radius 3 is 2.40 bits per heavy atom. The van der Waals surface area contributed by atoms with Crippen molar-refractivity contribution in [3.63, 3.8) is 0 Å². The molecule has 0 saturated heterocycles. The highest BCUT2D eigenvalue weighted by Crippen LogP contribution is 2.19. The topological polar surface area (TPSA) is 95.4 Å². The molecule has 0 aliphatic carbocycles. The number of hydrogen-bond acceptors (Lipinski definition) is 5. The fourth-order valence-corrected chi connectivity index (χ4v) is 1.76. The molecule has 0 aliphatic rings. The number of carbonyl (C=O) groups excluding carboxylic acids is 2. The first-order valence-corrected chi connectivity index (χ1v) is 6.02. The number of nitrogen functional groups attached to an aromatic ring is 2. The van der Waals surface area contributed by atoms with Gasteiger partial charge < -0.3 is 16.2 Å². The van der Waals surface area contributed by atoms with Crippen molar-refractivity contribution >= 4 is 34.9 Å². The zero-order chi connectivity index (χ0) is 14.7. The Labute approximate surface area is 120 Å². The molecule has 0 bridgehead atoms. The van der Waals surface area contributed by atoms with E-state index in [1.54, 1.807) is 12.1 Å². The predicted octanol–water partition coefficient (Wildman–Crippen LogP) is 2.50. The summed E-state index contributed by atoms with van der Waals surface area (Å²) in [5, 5.41) is 0.390. The highest BCUT2D eigenvalue weighted by Gasteiger charge is 2.17. The Balaban J connectivity index is 2.17. The van der Waals surface area contributed by atoms with Gasteiger partial charge >= 0.3 is 11.9 Å². The Hall–Kier alpha value is -2.53. The van der Waals surface area contributed by atoms with Crippen molar-refractivity contribution in [1.82, 2.24) is 0 Å². The van der Waals surface area contributed by atoms with Crippen LogP contribution in [-0.2, 0) is 4.74 Å². The van der Waals surface area contributed by atoms with Crippen LogP contribution in [0.25, 0.3) is 0 Å². The molecular formula is C14H11ClN2O3. The van der Waals surface area contributed by atoms with Crippen LogP contribution in [0.1, 0.15) is 20.7 Å². The number of anilines is 2. The van der Waals surface area contributed by atoms with Gasteiger partial charge in [0.25, 0.3) is 0 Å². The largest absolute Gasteiger partial charge is 0.399 e. The van der Waals surface area contributed by atoms with Crippen LogP contribution >= 0.6 is 11.6 Å². The van der Waals surface area contributed by atoms with Gasteiger partial charge in [-0.05, 0) is 36.4 Å². The zero-order valence-corrected chi connectivity index (χ0v) is 11.1. The van der Waals surface area contributed by atoms with E-state index in [2.05, 4.69) is 0 Å². The number of rotatable bonds is 2. The first-order valence-electron chi connectivity index (χ1n) is 5.64. The van der Waals surface area contributed by atoms with Gasteiger partial charge in [0.15, 0.2) is 0 Å². The van der Waals surface area contributed by atoms with Gasteiger partial charge in [0.05, 0.1) is 11.1 Å². The molecule has 102 valence electrons. The molecule has 0 unspecified atom stereocenters. The SMILES string of the molecule is Nc1cccc(C(=O)OC(=O)c2ccc(Cl)cc2N)c1. The van der Waals surface area contributed by atoms with Crippen molar-refractivity contribution < 1.29 is 14.3 Å². The van der Waals surface area contributed by atoms with Crippen LogP contribution in [0.2, 0.25) is 5.02 Å². The first-order chi connectivity index (χ1) is 9.47. The predicted molar refractivity (Wildman–Crippen MR) is 76.5 cm³/mol. The lowest BCUT2D eigenvalue weighted by Gasteiger charge is -2.06. The number of carbonyl (C=O) groups is 2. The summed E-state index contributed by atoms with van der Waals surface area (Å²) in [6.45, 7) is 0. The maximum Gasteiger partial charge on any atom is 0.348 e. The summed E-state index contributed by atoms with van der Waals surface area (Å²) in [6.07, 6.45) is 0. The van der Waals surface area contributed by atoms with Gasteiger partial charge in [0, 0.05) is 16.4 Å². The van der Waals surface area contributed by atoms with E-state index in [0.29, 0.717) is 10.7 Å². The van der Waals surface area contributed by atoms with Crippen LogP contribution in [0.5, 0.6) is 0 Å². The molecule has 0 atom stereocenters. The maximum absolute atomic E-state index is 11.8. The number of halogens is 1. The molecule has 20 heavy (non-hydrogen) atoms. The van der Waals surface area contributed by atoms with E-state index in [4.69, 9.17) is 27.8 Å². The fraction of sp³-hybridized carbons (Fsp3) is 0. The molecular weight excluding hydrogens is 280 g/mol. The average molecular weight is 291 g/mol. The van der Waals surface area contributed by atoms with Crippen LogP contribution in [-0.4, -0.2) is 11.9 Å². The van der Waals surface area contributed by atoms with Gasteiger partial charge in [-0.2, -0.15) is 0 Å². The summed E-state index contributed by atoms with van der Waals surface area (Å²) >= 11 is 5.73. The lowest BCUT2D eigenvalue weighted by molar-refractivity contribution is 0.0398. The molecule has 0 aliphatic heterocycles. The molecule has 0 amide bonds. The lowest BCUT2D eigenvalue weighted by atomic mass is 10.2. The summed E-state index contributed by atoms with van der Waals surface area (Å²) in [6, 6.07) is 10.4. The quantitative estimate of drug-likeness (QED) is 0.503. The first kappa shape index (κ1) is 13.9. The molecule has 4 N–H and O–H groups in total. The minimum atomic E-state index is -0.841.